The molecule has 0 aliphatic carbocycles. The Morgan fingerprint density at radius 2 is 1.70 bits per heavy atom. The number of thiazole rings is 1. The summed E-state index contributed by atoms with van der Waals surface area (Å²) in [7, 11) is 0. The molecule has 136 valence electrons. The number of para-hydroxylation sites is 1. The van der Waals surface area contributed by atoms with Gasteiger partial charge in [-0.05, 0) is 71.4 Å². The Labute approximate surface area is 174 Å². The number of thiophene rings is 1. The van der Waals surface area contributed by atoms with Crippen LogP contribution in [0, 0.1) is 0 Å². The van der Waals surface area contributed by atoms with Crippen molar-refractivity contribution >= 4 is 44.3 Å². The Bertz CT molecular complexity index is 1100. The molecule has 2 heterocycles. The van der Waals surface area contributed by atoms with Crippen LogP contribution >= 0.6 is 38.6 Å². The van der Waals surface area contributed by atoms with Gasteiger partial charge in [-0.2, -0.15) is 0 Å². The van der Waals surface area contributed by atoms with Crippen molar-refractivity contribution in [1.29, 1.82) is 0 Å². The molecule has 27 heavy (non-hydrogen) atoms. The molecule has 3 nitrogen and oxygen atoms in total. The van der Waals surface area contributed by atoms with Crippen molar-refractivity contribution in [1.82, 2.24) is 4.57 Å². The topological polar surface area (TPSA) is 26.5 Å². The number of rotatable bonds is 5. The van der Waals surface area contributed by atoms with Crippen LogP contribution in [0.4, 0.5) is 5.69 Å². The maximum atomic E-state index is 5.85. The van der Waals surface area contributed by atoms with E-state index in [-0.39, 0.29) is 0 Å². The molecule has 6 heteroatoms. The second kappa shape index (κ2) is 8.25. The predicted molar refractivity (Wildman–Crippen MR) is 117 cm³/mol. The molecule has 0 aliphatic rings. The average molecular weight is 457 g/mol. The molecule has 4 rings (SSSR count). The first-order valence-corrected chi connectivity index (χ1v) is 11.0. The number of ether oxygens (including phenoxy) is 1. The highest BCUT2D eigenvalue weighted by molar-refractivity contribution is 9.11. The molecule has 2 aromatic heterocycles. The molecular weight excluding hydrogens is 440 g/mol. The second-order valence-electron chi connectivity index (χ2n) is 5.77. The number of hydrogen-bond donors (Lipinski definition) is 0. The van der Waals surface area contributed by atoms with Crippen molar-refractivity contribution in [3.63, 3.8) is 0 Å². The van der Waals surface area contributed by atoms with E-state index in [1.54, 1.807) is 22.7 Å². The van der Waals surface area contributed by atoms with Crippen molar-refractivity contribution in [3.05, 3.63) is 80.7 Å². The third-order valence-corrected chi connectivity index (χ3v) is 6.49. The Morgan fingerprint density at radius 1 is 0.963 bits per heavy atom. The van der Waals surface area contributed by atoms with Gasteiger partial charge in [0.2, 0.25) is 0 Å². The first kappa shape index (κ1) is 18.2. The molecule has 0 amide bonds. The molecule has 0 fully saturated rings. The Morgan fingerprint density at radius 3 is 2.37 bits per heavy atom. The average Bonchev–Trinajstić information content (AvgIpc) is 3.30. The Kier molecular flexibility index (Phi) is 5.57. The van der Waals surface area contributed by atoms with E-state index in [1.165, 1.54) is 10.6 Å². The number of aromatic nitrogens is 1. The molecule has 0 atom stereocenters. The minimum absolute atomic E-state index is 0.804. The van der Waals surface area contributed by atoms with Gasteiger partial charge in [0.25, 0.3) is 0 Å². The molecule has 0 bridgehead atoms. The summed E-state index contributed by atoms with van der Waals surface area (Å²) < 4.78 is 9.23. The lowest BCUT2D eigenvalue weighted by molar-refractivity contribution is 0.483. The SMILES string of the molecule is CCn1c(-c2ccc(Br)s2)csc1=Nc1ccc(Oc2ccccc2)cc1. The van der Waals surface area contributed by atoms with Crippen molar-refractivity contribution in [2.75, 3.05) is 0 Å². The first-order chi connectivity index (χ1) is 13.2. The van der Waals surface area contributed by atoms with Gasteiger partial charge in [0.1, 0.15) is 11.5 Å². The molecule has 0 unspecified atom stereocenters. The minimum atomic E-state index is 0.804. The van der Waals surface area contributed by atoms with E-state index in [2.05, 4.69) is 44.9 Å². The third kappa shape index (κ3) is 4.24. The normalized spacial score (nSPS) is 11.7. The van der Waals surface area contributed by atoms with Crippen LogP contribution in [0.25, 0.3) is 10.6 Å². The van der Waals surface area contributed by atoms with Crippen molar-refractivity contribution in [2.45, 2.75) is 13.5 Å². The molecule has 4 aromatic rings. The Hall–Kier alpha value is -2.15. The summed E-state index contributed by atoms with van der Waals surface area (Å²) in [6.45, 7) is 3.02. The van der Waals surface area contributed by atoms with Crippen LogP contribution in [0.15, 0.2) is 80.9 Å². The van der Waals surface area contributed by atoms with Crippen LogP contribution in [0.3, 0.4) is 0 Å². The lowest BCUT2D eigenvalue weighted by Gasteiger charge is -2.05. The number of nitrogens with zero attached hydrogens (tertiary/aromatic N) is 2. The van der Waals surface area contributed by atoms with Gasteiger partial charge < -0.3 is 9.30 Å². The zero-order valence-electron chi connectivity index (χ0n) is 14.6. The summed E-state index contributed by atoms with van der Waals surface area (Å²) in [5.41, 5.74) is 2.12. The molecule has 0 spiro atoms. The quantitative estimate of drug-likeness (QED) is 0.314. The summed E-state index contributed by atoms with van der Waals surface area (Å²) in [6, 6.07) is 21.9. The fourth-order valence-corrected chi connectivity index (χ4v) is 5.17. The van der Waals surface area contributed by atoms with E-state index in [4.69, 9.17) is 9.73 Å². The minimum Gasteiger partial charge on any atom is -0.457 e. The molecule has 0 N–H and O–H groups in total. The molecule has 0 aliphatic heterocycles. The maximum Gasteiger partial charge on any atom is 0.190 e. The van der Waals surface area contributed by atoms with Gasteiger partial charge in [-0.15, -0.1) is 22.7 Å². The highest BCUT2D eigenvalue weighted by atomic mass is 79.9. The van der Waals surface area contributed by atoms with Crippen molar-refractivity contribution < 1.29 is 4.74 Å². The summed E-state index contributed by atoms with van der Waals surface area (Å²) >= 11 is 6.94. The van der Waals surface area contributed by atoms with Gasteiger partial charge in [-0.25, -0.2) is 4.99 Å². The van der Waals surface area contributed by atoms with Crippen LogP contribution in [0.5, 0.6) is 11.5 Å². The van der Waals surface area contributed by atoms with E-state index in [0.717, 1.165) is 32.3 Å². The number of halogens is 1. The fourth-order valence-electron chi connectivity index (χ4n) is 2.70. The van der Waals surface area contributed by atoms with E-state index in [1.807, 2.05) is 54.6 Å². The van der Waals surface area contributed by atoms with E-state index >= 15 is 0 Å². The highest BCUT2D eigenvalue weighted by Crippen LogP contribution is 2.31. The predicted octanol–water partition coefficient (Wildman–Crippen LogP) is 7.09. The first-order valence-electron chi connectivity index (χ1n) is 8.54. The lowest BCUT2D eigenvalue weighted by Crippen LogP contribution is -2.13. The number of hydrogen-bond acceptors (Lipinski definition) is 4. The summed E-state index contributed by atoms with van der Waals surface area (Å²) in [5, 5.41) is 2.17. The van der Waals surface area contributed by atoms with Gasteiger partial charge in [-0.1, -0.05) is 18.2 Å². The third-order valence-electron chi connectivity index (χ3n) is 3.98. The van der Waals surface area contributed by atoms with Crippen molar-refractivity contribution in [3.8, 4) is 22.1 Å². The van der Waals surface area contributed by atoms with E-state index in [9.17, 15) is 0 Å². The number of benzene rings is 2. The smallest absolute Gasteiger partial charge is 0.190 e. The highest BCUT2D eigenvalue weighted by Gasteiger charge is 2.09. The maximum absolute atomic E-state index is 5.85. The van der Waals surface area contributed by atoms with Gasteiger partial charge in [0.15, 0.2) is 4.80 Å². The summed E-state index contributed by atoms with van der Waals surface area (Å²) in [5.74, 6) is 1.63. The van der Waals surface area contributed by atoms with Crippen molar-refractivity contribution in [2.24, 2.45) is 4.99 Å². The molecule has 0 radical (unpaired) electrons. The van der Waals surface area contributed by atoms with Gasteiger partial charge in [-0.3, -0.25) is 0 Å². The van der Waals surface area contributed by atoms with Crippen LogP contribution in [0.2, 0.25) is 0 Å². The molecule has 0 saturated carbocycles. The van der Waals surface area contributed by atoms with Crippen LogP contribution < -0.4 is 9.54 Å². The fraction of sp³-hybridized carbons (Fsp3) is 0.0952. The van der Waals surface area contributed by atoms with Gasteiger partial charge >= 0.3 is 0 Å². The lowest BCUT2D eigenvalue weighted by atomic mass is 10.3. The Balaban J connectivity index is 1.61. The summed E-state index contributed by atoms with van der Waals surface area (Å²) in [6.07, 6.45) is 0. The summed E-state index contributed by atoms with van der Waals surface area (Å²) in [4.78, 5) is 7.07. The van der Waals surface area contributed by atoms with Gasteiger partial charge in [0.05, 0.1) is 20.0 Å². The van der Waals surface area contributed by atoms with Crippen LogP contribution in [0.1, 0.15) is 6.92 Å². The monoisotopic (exact) mass is 456 g/mol. The standard InChI is InChI=1S/C21H17BrN2OS2/c1-2-24-18(19-12-13-20(22)27-19)14-26-21(24)23-15-8-10-17(11-9-15)25-16-6-4-3-5-7-16/h3-14H,2H2,1H3. The largest absolute Gasteiger partial charge is 0.457 e. The van der Waals surface area contributed by atoms with Gasteiger partial charge in [0, 0.05) is 11.9 Å². The van der Waals surface area contributed by atoms with E-state index < -0.39 is 0 Å². The zero-order valence-corrected chi connectivity index (χ0v) is 17.9. The van der Waals surface area contributed by atoms with E-state index in [0.29, 0.717) is 0 Å². The molecular formula is C21H17BrN2OS2. The van der Waals surface area contributed by atoms with Crippen LogP contribution in [-0.2, 0) is 6.54 Å². The van der Waals surface area contributed by atoms with Crippen LogP contribution in [-0.4, -0.2) is 4.57 Å². The molecule has 0 saturated heterocycles. The molecule has 2 aromatic carbocycles. The second-order valence-corrected chi connectivity index (χ2v) is 9.07. The zero-order chi connectivity index (χ0) is 18.6.